The molecule has 4 rings (SSSR count). The molecule has 3 aromatic rings. The highest BCUT2D eigenvalue weighted by molar-refractivity contribution is 5.94. The van der Waals surface area contributed by atoms with Gasteiger partial charge in [-0.2, -0.15) is 15.4 Å². The standard InChI is InChI=1S/C21H24N6O3/c1-13(15-5-6-18-19(11-15)25-26-24-18)23-20(28)16-4-2-3-14(9-16)10-17-12-22-7-8-27(17)21(29)30/h2-6,9,11,13,17,22H,7-8,10,12H2,1H3,(H,23,28)(H,29,30)(H,24,25,26). The summed E-state index contributed by atoms with van der Waals surface area (Å²) in [5.41, 5.74) is 3.94. The van der Waals surface area contributed by atoms with Crippen molar-refractivity contribution in [3.05, 3.63) is 59.2 Å². The summed E-state index contributed by atoms with van der Waals surface area (Å²) < 4.78 is 0. The number of piperazine rings is 1. The van der Waals surface area contributed by atoms with Crippen molar-refractivity contribution in [1.29, 1.82) is 0 Å². The van der Waals surface area contributed by atoms with Gasteiger partial charge in [0.1, 0.15) is 11.0 Å². The van der Waals surface area contributed by atoms with Crippen LogP contribution in [0.4, 0.5) is 4.79 Å². The van der Waals surface area contributed by atoms with Crippen LogP contribution in [0.2, 0.25) is 0 Å². The number of amides is 2. The molecule has 30 heavy (non-hydrogen) atoms. The minimum absolute atomic E-state index is 0.150. The number of hydrogen-bond acceptors (Lipinski definition) is 5. The number of nitrogens with zero attached hydrogens (tertiary/aromatic N) is 3. The summed E-state index contributed by atoms with van der Waals surface area (Å²) in [6.07, 6.45) is -0.355. The molecule has 1 saturated heterocycles. The maximum absolute atomic E-state index is 12.8. The minimum Gasteiger partial charge on any atom is -0.465 e. The van der Waals surface area contributed by atoms with Crippen molar-refractivity contribution in [3.8, 4) is 0 Å². The predicted molar refractivity (Wildman–Crippen MR) is 111 cm³/mol. The molecule has 2 atom stereocenters. The number of carboxylic acid groups (broad SMARTS) is 1. The minimum atomic E-state index is -0.909. The molecule has 0 spiro atoms. The molecule has 0 radical (unpaired) electrons. The van der Waals surface area contributed by atoms with E-state index >= 15 is 0 Å². The van der Waals surface area contributed by atoms with E-state index in [1.807, 2.05) is 43.3 Å². The molecule has 1 fully saturated rings. The number of aromatic nitrogens is 3. The monoisotopic (exact) mass is 408 g/mol. The van der Waals surface area contributed by atoms with E-state index in [4.69, 9.17) is 0 Å². The first-order chi connectivity index (χ1) is 14.5. The van der Waals surface area contributed by atoms with Gasteiger partial charge in [-0.1, -0.05) is 18.2 Å². The van der Waals surface area contributed by atoms with Crippen LogP contribution in [-0.4, -0.2) is 63.1 Å². The molecule has 2 heterocycles. The van der Waals surface area contributed by atoms with Gasteiger partial charge in [0.15, 0.2) is 0 Å². The van der Waals surface area contributed by atoms with Crippen LogP contribution < -0.4 is 10.6 Å². The molecule has 1 aromatic heterocycles. The maximum Gasteiger partial charge on any atom is 0.407 e. The summed E-state index contributed by atoms with van der Waals surface area (Å²) in [5.74, 6) is -0.179. The lowest BCUT2D eigenvalue weighted by Gasteiger charge is -2.34. The molecule has 0 aliphatic carbocycles. The van der Waals surface area contributed by atoms with Crippen molar-refractivity contribution in [1.82, 2.24) is 30.9 Å². The number of aromatic amines is 1. The molecule has 156 valence electrons. The lowest BCUT2D eigenvalue weighted by molar-refractivity contribution is 0.0938. The Hall–Kier alpha value is -3.46. The topological polar surface area (TPSA) is 123 Å². The van der Waals surface area contributed by atoms with Gasteiger partial charge in [-0.25, -0.2) is 4.79 Å². The highest BCUT2D eigenvalue weighted by Crippen LogP contribution is 2.18. The van der Waals surface area contributed by atoms with E-state index in [0.717, 1.165) is 22.2 Å². The Morgan fingerprint density at radius 3 is 2.90 bits per heavy atom. The van der Waals surface area contributed by atoms with Crippen LogP contribution in [0.15, 0.2) is 42.5 Å². The van der Waals surface area contributed by atoms with E-state index in [1.165, 1.54) is 4.90 Å². The van der Waals surface area contributed by atoms with E-state index in [-0.39, 0.29) is 18.0 Å². The first-order valence-corrected chi connectivity index (χ1v) is 9.92. The molecule has 2 unspecified atom stereocenters. The molecule has 4 N–H and O–H groups in total. The van der Waals surface area contributed by atoms with Gasteiger partial charge in [-0.15, -0.1) is 0 Å². The predicted octanol–water partition coefficient (Wildman–Crippen LogP) is 1.94. The van der Waals surface area contributed by atoms with Crippen molar-refractivity contribution in [2.24, 2.45) is 0 Å². The molecule has 0 saturated carbocycles. The Labute approximate surface area is 173 Å². The van der Waals surface area contributed by atoms with E-state index in [1.54, 1.807) is 6.07 Å². The van der Waals surface area contributed by atoms with Gasteiger partial charge in [0.2, 0.25) is 0 Å². The number of carbonyl (C=O) groups is 2. The van der Waals surface area contributed by atoms with Crippen molar-refractivity contribution in [2.75, 3.05) is 19.6 Å². The summed E-state index contributed by atoms with van der Waals surface area (Å²) in [6.45, 7) is 3.64. The Morgan fingerprint density at radius 2 is 2.07 bits per heavy atom. The van der Waals surface area contributed by atoms with Crippen LogP contribution in [0.3, 0.4) is 0 Å². The molecule has 1 aliphatic heterocycles. The average Bonchev–Trinajstić information content (AvgIpc) is 3.22. The summed E-state index contributed by atoms with van der Waals surface area (Å²) in [6, 6.07) is 12.7. The molecule has 2 aromatic carbocycles. The van der Waals surface area contributed by atoms with E-state index < -0.39 is 6.09 Å². The zero-order valence-corrected chi connectivity index (χ0v) is 16.6. The first-order valence-electron chi connectivity index (χ1n) is 9.92. The summed E-state index contributed by atoms with van der Waals surface area (Å²) in [5, 5.41) is 26.4. The SMILES string of the molecule is CC(NC(=O)c1cccc(CC2CNCCN2C(=O)O)c1)c1ccc2n[nH]nc2c1. The molecular formula is C21H24N6O3. The number of nitrogens with one attached hydrogen (secondary N) is 3. The third-order valence-corrected chi connectivity index (χ3v) is 5.44. The largest absolute Gasteiger partial charge is 0.465 e. The Balaban J connectivity index is 1.44. The third kappa shape index (κ3) is 4.25. The van der Waals surface area contributed by atoms with Gasteiger partial charge in [0, 0.05) is 25.2 Å². The number of fused-ring (bicyclic) bond motifs is 1. The lowest BCUT2D eigenvalue weighted by atomic mass is 10.0. The van der Waals surface area contributed by atoms with Crippen LogP contribution in [0, 0.1) is 0 Å². The van der Waals surface area contributed by atoms with Crippen LogP contribution in [-0.2, 0) is 6.42 Å². The Bertz CT molecular complexity index is 1070. The second-order valence-electron chi connectivity index (χ2n) is 7.51. The fourth-order valence-corrected chi connectivity index (χ4v) is 3.80. The first kappa shape index (κ1) is 19.8. The third-order valence-electron chi connectivity index (χ3n) is 5.44. The quantitative estimate of drug-likeness (QED) is 0.512. The molecule has 9 heteroatoms. The molecule has 1 aliphatic rings. The Morgan fingerprint density at radius 1 is 1.23 bits per heavy atom. The number of benzene rings is 2. The molecule has 2 amide bonds. The molecule has 0 bridgehead atoms. The summed E-state index contributed by atoms with van der Waals surface area (Å²) in [4.78, 5) is 25.7. The van der Waals surface area contributed by atoms with E-state index in [2.05, 4.69) is 26.0 Å². The van der Waals surface area contributed by atoms with Crippen LogP contribution in [0.5, 0.6) is 0 Å². The fourth-order valence-electron chi connectivity index (χ4n) is 3.80. The fraction of sp³-hybridized carbons (Fsp3) is 0.333. The number of hydrogen-bond donors (Lipinski definition) is 4. The van der Waals surface area contributed by atoms with Crippen molar-refractivity contribution in [3.63, 3.8) is 0 Å². The second-order valence-corrected chi connectivity index (χ2v) is 7.51. The molecule has 9 nitrogen and oxygen atoms in total. The second kappa shape index (κ2) is 8.50. The van der Waals surface area contributed by atoms with Gasteiger partial charge in [0.05, 0.1) is 12.1 Å². The summed E-state index contributed by atoms with van der Waals surface area (Å²) in [7, 11) is 0. The van der Waals surface area contributed by atoms with Crippen LogP contribution >= 0.6 is 0 Å². The Kier molecular flexibility index (Phi) is 5.62. The van der Waals surface area contributed by atoms with Gasteiger partial charge < -0.3 is 20.6 Å². The maximum atomic E-state index is 12.8. The smallest absolute Gasteiger partial charge is 0.407 e. The van der Waals surface area contributed by atoms with Crippen molar-refractivity contribution < 1.29 is 14.7 Å². The number of carbonyl (C=O) groups excluding carboxylic acids is 1. The highest BCUT2D eigenvalue weighted by atomic mass is 16.4. The van der Waals surface area contributed by atoms with Gasteiger partial charge in [-0.05, 0) is 48.7 Å². The van der Waals surface area contributed by atoms with Crippen LogP contribution in [0.25, 0.3) is 11.0 Å². The molecular weight excluding hydrogens is 384 g/mol. The number of H-pyrrole nitrogens is 1. The lowest BCUT2D eigenvalue weighted by Crippen LogP contribution is -2.54. The van der Waals surface area contributed by atoms with Crippen molar-refractivity contribution in [2.45, 2.75) is 25.4 Å². The van der Waals surface area contributed by atoms with Crippen molar-refractivity contribution >= 4 is 23.0 Å². The normalized spacial score (nSPS) is 17.6. The average molecular weight is 408 g/mol. The van der Waals surface area contributed by atoms with Gasteiger partial charge in [-0.3, -0.25) is 4.79 Å². The zero-order chi connectivity index (χ0) is 21.1. The summed E-state index contributed by atoms with van der Waals surface area (Å²) >= 11 is 0. The van der Waals surface area contributed by atoms with Crippen LogP contribution in [0.1, 0.15) is 34.5 Å². The van der Waals surface area contributed by atoms with E-state index in [9.17, 15) is 14.7 Å². The highest BCUT2D eigenvalue weighted by Gasteiger charge is 2.26. The van der Waals surface area contributed by atoms with E-state index in [0.29, 0.717) is 31.6 Å². The number of rotatable bonds is 5. The van der Waals surface area contributed by atoms with Gasteiger partial charge in [0.25, 0.3) is 5.91 Å². The van der Waals surface area contributed by atoms with Gasteiger partial charge >= 0.3 is 6.09 Å². The zero-order valence-electron chi connectivity index (χ0n) is 16.6.